The van der Waals surface area contributed by atoms with E-state index < -0.39 is 48.2 Å². The number of carboxylic acid groups (broad SMARTS) is 4. The van der Waals surface area contributed by atoms with E-state index in [9.17, 15) is 29.1 Å². The lowest BCUT2D eigenvalue weighted by atomic mass is 9.96. The summed E-state index contributed by atoms with van der Waals surface area (Å²) >= 11 is 0. The van der Waals surface area contributed by atoms with Gasteiger partial charge < -0.3 is 30.4 Å². The number of amides is 1. The first-order valence-corrected chi connectivity index (χ1v) is 10.5. The first kappa shape index (κ1) is 27.0. The normalized spacial score (nSPS) is 13.3. The molecule has 35 heavy (non-hydrogen) atoms. The molecular formula is C24H25NO10. The molecule has 3 rings (SSSR count). The number of nitrogens with zero attached hydrogens (tertiary/aromatic N) is 1. The van der Waals surface area contributed by atoms with Gasteiger partial charge in [-0.15, -0.1) is 0 Å². The molecule has 186 valence electrons. The van der Waals surface area contributed by atoms with Gasteiger partial charge in [-0.2, -0.15) is 0 Å². The minimum absolute atomic E-state index is 0.00590. The monoisotopic (exact) mass is 487 g/mol. The first-order chi connectivity index (χ1) is 16.4. The SMILES string of the molecule is CCC(C(=O)O)c1ccc(N2Cc3ccccc3C2=O)cc1.O=C(O)CC(O)(CC(=O)O)C(=O)O. The van der Waals surface area contributed by atoms with Crippen molar-refractivity contribution in [1.29, 1.82) is 0 Å². The fraction of sp³-hybridized carbons (Fsp3) is 0.292. The van der Waals surface area contributed by atoms with Gasteiger partial charge in [-0.25, -0.2) is 4.79 Å². The van der Waals surface area contributed by atoms with E-state index in [1.54, 1.807) is 17.0 Å². The zero-order valence-electron chi connectivity index (χ0n) is 18.7. The Labute approximate surface area is 199 Å². The number of carbonyl (C=O) groups is 5. The largest absolute Gasteiger partial charge is 0.481 e. The van der Waals surface area contributed by atoms with Gasteiger partial charge in [0.2, 0.25) is 0 Å². The number of hydrogen-bond donors (Lipinski definition) is 5. The quantitative estimate of drug-likeness (QED) is 0.350. The zero-order chi connectivity index (χ0) is 26.3. The molecule has 1 heterocycles. The number of hydrogen-bond acceptors (Lipinski definition) is 6. The molecule has 1 aliphatic rings. The summed E-state index contributed by atoms with van der Waals surface area (Å²) < 4.78 is 0. The van der Waals surface area contributed by atoms with Crippen LogP contribution in [0.1, 0.15) is 53.6 Å². The molecule has 0 fully saturated rings. The van der Waals surface area contributed by atoms with E-state index in [0.29, 0.717) is 13.0 Å². The van der Waals surface area contributed by atoms with Crippen molar-refractivity contribution >= 4 is 35.5 Å². The molecule has 1 atom stereocenters. The van der Waals surface area contributed by atoms with Crippen molar-refractivity contribution in [2.45, 2.75) is 44.2 Å². The van der Waals surface area contributed by atoms with Gasteiger partial charge in [-0.1, -0.05) is 37.3 Å². The molecule has 1 amide bonds. The summed E-state index contributed by atoms with van der Waals surface area (Å²) in [5.74, 6) is -6.34. The molecule has 1 unspecified atom stereocenters. The second-order valence-electron chi connectivity index (χ2n) is 7.92. The van der Waals surface area contributed by atoms with Crippen molar-refractivity contribution in [3.63, 3.8) is 0 Å². The Kier molecular flexibility index (Phi) is 8.68. The summed E-state index contributed by atoms with van der Waals surface area (Å²) in [6.07, 6.45) is -1.74. The fourth-order valence-corrected chi connectivity index (χ4v) is 3.62. The Balaban J connectivity index is 0.000000287. The molecule has 5 N–H and O–H groups in total. The molecule has 0 aliphatic carbocycles. The van der Waals surface area contributed by atoms with Crippen LogP contribution in [0.25, 0.3) is 0 Å². The van der Waals surface area contributed by atoms with Crippen LogP contribution in [-0.4, -0.2) is 60.9 Å². The Hall–Kier alpha value is -4.25. The van der Waals surface area contributed by atoms with Crippen LogP contribution < -0.4 is 4.90 Å². The van der Waals surface area contributed by atoms with Gasteiger partial charge in [0.1, 0.15) is 0 Å². The van der Waals surface area contributed by atoms with E-state index in [1.165, 1.54) is 0 Å². The second-order valence-corrected chi connectivity index (χ2v) is 7.92. The number of carbonyl (C=O) groups excluding carboxylic acids is 1. The van der Waals surface area contributed by atoms with Gasteiger partial charge in [0.05, 0.1) is 25.3 Å². The van der Waals surface area contributed by atoms with Crippen molar-refractivity contribution < 1.29 is 49.5 Å². The van der Waals surface area contributed by atoms with E-state index in [0.717, 1.165) is 22.4 Å². The standard InChI is InChI=1S/C18H17NO3.C6H8O7/c1-2-15(18(21)22)12-7-9-14(10-8-12)19-11-13-5-3-4-6-16(13)17(19)20;7-3(8)1-6(13,5(11)12)2-4(9)10/h3-10,15H,2,11H2,1H3,(H,21,22);13H,1-2H2,(H,7,8)(H,9,10)(H,11,12). The number of carboxylic acids is 4. The van der Waals surface area contributed by atoms with E-state index in [2.05, 4.69) is 0 Å². The van der Waals surface area contributed by atoms with E-state index in [1.807, 2.05) is 43.3 Å². The molecule has 11 heteroatoms. The molecular weight excluding hydrogens is 462 g/mol. The first-order valence-electron chi connectivity index (χ1n) is 10.5. The highest BCUT2D eigenvalue weighted by Gasteiger charge is 2.40. The lowest BCUT2D eigenvalue weighted by Crippen LogP contribution is -2.42. The summed E-state index contributed by atoms with van der Waals surface area (Å²) in [6, 6.07) is 14.8. The maximum absolute atomic E-state index is 12.4. The van der Waals surface area contributed by atoms with Crippen LogP contribution in [0.15, 0.2) is 48.5 Å². The van der Waals surface area contributed by atoms with Crippen molar-refractivity contribution in [3.05, 3.63) is 65.2 Å². The molecule has 2 aromatic carbocycles. The fourth-order valence-electron chi connectivity index (χ4n) is 3.62. The maximum Gasteiger partial charge on any atom is 0.336 e. The smallest absolute Gasteiger partial charge is 0.336 e. The summed E-state index contributed by atoms with van der Waals surface area (Å²) in [5.41, 5.74) is 0.586. The second kappa shape index (κ2) is 11.3. The molecule has 0 saturated heterocycles. The molecule has 11 nitrogen and oxygen atoms in total. The van der Waals surface area contributed by atoms with Crippen LogP contribution in [0.5, 0.6) is 0 Å². The number of rotatable bonds is 9. The van der Waals surface area contributed by atoms with E-state index in [4.69, 9.17) is 20.4 Å². The average molecular weight is 487 g/mol. The molecule has 0 saturated carbocycles. The zero-order valence-corrected chi connectivity index (χ0v) is 18.7. The molecule has 0 bridgehead atoms. The van der Waals surface area contributed by atoms with Gasteiger partial charge in [0.25, 0.3) is 5.91 Å². The number of anilines is 1. The van der Waals surface area contributed by atoms with Crippen molar-refractivity contribution in [2.75, 3.05) is 4.90 Å². The van der Waals surface area contributed by atoms with Gasteiger partial charge >= 0.3 is 23.9 Å². The minimum atomic E-state index is -2.74. The summed E-state index contributed by atoms with van der Waals surface area (Å²) in [5, 5.41) is 43.0. The van der Waals surface area contributed by atoms with Crippen molar-refractivity contribution in [2.24, 2.45) is 0 Å². The van der Waals surface area contributed by atoms with Crippen LogP contribution in [0.4, 0.5) is 5.69 Å². The number of aliphatic carboxylic acids is 4. The highest BCUT2D eigenvalue weighted by molar-refractivity contribution is 6.10. The van der Waals surface area contributed by atoms with Gasteiger partial charge in [0, 0.05) is 11.3 Å². The Morgan fingerprint density at radius 2 is 1.46 bits per heavy atom. The third-order valence-corrected chi connectivity index (χ3v) is 5.42. The molecule has 0 spiro atoms. The lowest BCUT2D eigenvalue weighted by molar-refractivity contribution is -0.170. The third-order valence-electron chi connectivity index (χ3n) is 5.42. The Bertz CT molecular complexity index is 1110. The van der Waals surface area contributed by atoms with Crippen molar-refractivity contribution in [3.8, 4) is 0 Å². The minimum Gasteiger partial charge on any atom is -0.481 e. The Morgan fingerprint density at radius 1 is 0.914 bits per heavy atom. The number of fused-ring (bicyclic) bond motifs is 1. The van der Waals surface area contributed by atoms with Crippen LogP contribution in [-0.2, 0) is 25.7 Å². The summed E-state index contributed by atoms with van der Waals surface area (Å²) in [6.45, 7) is 2.41. The van der Waals surface area contributed by atoms with Gasteiger partial charge in [-0.3, -0.25) is 19.2 Å². The van der Waals surface area contributed by atoms with E-state index >= 15 is 0 Å². The maximum atomic E-state index is 12.4. The molecule has 1 aliphatic heterocycles. The average Bonchev–Trinajstić information content (AvgIpc) is 3.10. The molecule has 0 radical (unpaired) electrons. The molecule has 0 aromatic heterocycles. The summed E-state index contributed by atoms with van der Waals surface area (Å²) in [7, 11) is 0. The van der Waals surface area contributed by atoms with Crippen LogP contribution in [0.2, 0.25) is 0 Å². The number of benzene rings is 2. The highest BCUT2D eigenvalue weighted by atomic mass is 16.4. The third kappa shape index (κ3) is 6.64. The van der Waals surface area contributed by atoms with Crippen molar-refractivity contribution in [1.82, 2.24) is 0 Å². The van der Waals surface area contributed by atoms with Gasteiger partial charge in [0.15, 0.2) is 5.60 Å². The number of aliphatic hydroxyl groups is 1. The van der Waals surface area contributed by atoms with Crippen LogP contribution in [0.3, 0.4) is 0 Å². The van der Waals surface area contributed by atoms with Gasteiger partial charge in [-0.05, 0) is 35.7 Å². The summed E-state index contributed by atoms with van der Waals surface area (Å²) in [4.78, 5) is 55.8. The topological polar surface area (TPSA) is 190 Å². The predicted octanol–water partition coefficient (Wildman–Crippen LogP) is 2.18. The van der Waals surface area contributed by atoms with Crippen LogP contribution in [0, 0.1) is 0 Å². The van der Waals surface area contributed by atoms with Crippen LogP contribution >= 0.6 is 0 Å². The van der Waals surface area contributed by atoms with E-state index in [-0.39, 0.29) is 5.91 Å². The predicted molar refractivity (Wildman–Crippen MR) is 121 cm³/mol. The highest BCUT2D eigenvalue weighted by Crippen LogP contribution is 2.30. The lowest BCUT2D eigenvalue weighted by Gasteiger charge is -2.18. The molecule has 2 aromatic rings. The Morgan fingerprint density at radius 3 is 1.89 bits per heavy atom.